The van der Waals surface area contributed by atoms with Crippen LogP contribution in [0.15, 0.2) is 24.3 Å². The van der Waals surface area contributed by atoms with Gasteiger partial charge in [0, 0.05) is 18.2 Å². The zero-order chi connectivity index (χ0) is 15.0. The maximum atomic E-state index is 12.2. The maximum absolute atomic E-state index is 12.2. The Morgan fingerprint density at radius 3 is 2.33 bits per heavy atom. The van der Waals surface area contributed by atoms with Gasteiger partial charge in [0.1, 0.15) is 17.6 Å². The van der Waals surface area contributed by atoms with Gasteiger partial charge in [-0.1, -0.05) is 6.07 Å². The molecule has 0 amide bonds. The number of alkyl halides is 3. The standard InChI is InChI=1S/C15H18F3NO2/c1-19-10-5-6-11(19)8-14(7-10)20-12-3-2-4-13(9-12)21-15(16,17)18/h2-4,9-11,14H,5-8H2,1H3/t10-,11+,14-. The van der Waals surface area contributed by atoms with Gasteiger partial charge in [0.2, 0.25) is 0 Å². The predicted octanol–water partition coefficient (Wildman–Crippen LogP) is 3.59. The molecule has 3 rings (SSSR count). The van der Waals surface area contributed by atoms with Crippen molar-refractivity contribution in [3.8, 4) is 11.5 Å². The Morgan fingerprint density at radius 1 is 1.10 bits per heavy atom. The third-order valence-corrected chi connectivity index (χ3v) is 4.40. The van der Waals surface area contributed by atoms with Gasteiger partial charge in [-0.2, -0.15) is 0 Å². The molecule has 116 valence electrons. The summed E-state index contributed by atoms with van der Waals surface area (Å²) >= 11 is 0. The summed E-state index contributed by atoms with van der Waals surface area (Å²) in [5.74, 6) is 0.196. The van der Waals surface area contributed by atoms with Crippen molar-refractivity contribution in [3.63, 3.8) is 0 Å². The summed E-state index contributed by atoms with van der Waals surface area (Å²) in [6.45, 7) is 0. The summed E-state index contributed by atoms with van der Waals surface area (Å²) in [6.07, 6.45) is -0.393. The Labute approximate surface area is 121 Å². The molecule has 3 atom stereocenters. The molecule has 2 bridgehead atoms. The average Bonchev–Trinajstić information content (AvgIpc) is 2.60. The molecule has 6 heteroatoms. The minimum absolute atomic E-state index is 0.0693. The normalized spacial score (nSPS) is 29.4. The summed E-state index contributed by atoms with van der Waals surface area (Å²) in [5.41, 5.74) is 0. The van der Waals surface area contributed by atoms with Gasteiger partial charge in [0.15, 0.2) is 0 Å². The highest BCUT2D eigenvalue weighted by Crippen LogP contribution is 2.36. The Kier molecular flexibility index (Phi) is 3.73. The third-order valence-electron chi connectivity index (χ3n) is 4.40. The van der Waals surface area contributed by atoms with Gasteiger partial charge in [-0.3, -0.25) is 0 Å². The van der Waals surface area contributed by atoms with Crippen LogP contribution in [-0.2, 0) is 0 Å². The van der Waals surface area contributed by atoms with E-state index in [-0.39, 0.29) is 11.9 Å². The second-order valence-corrected chi connectivity index (χ2v) is 5.78. The van der Waals surface area contributed by atoms with Crippen LogP contribution in [0.4, 0.5) is 13.2 Å². The molecule has 2 fully saturated rings. The Bertz CT molecular complexity index is 492. The number of piperidine rings is 1. The minimum Gasteiger partial charge on any atom is -0.490 e. The smallest absolute Gasteiger partial charge is 0.490 e. The zero-order valence-corrected chi connectivity index (χ0v) is 11.8. The first-order chi connectivity index (χ1) is 9.90. The van der Waals surface area contributed by atoms with Crippen molar-refractivity contribution in [2.45, 2.75) is 50.2 Å². The summed E-state index contributed by atoms with van der Waals surface area (Å²) in [6, 6.07) is 6.82. The van der Waals surface area contributed by atoms with Crippen molar-refractivity contribution in [2.75, 3.05) is 7.05 Å². The lowest BCUT2D eigenvalue weighted by Crippen LogP contribution is -2.43. The van der Waals surface area contributed by atoms with Crippen LogP contribution in [-0.4, -0.2) is 36.5 Å². The Morgan fingerprint density at radius 2 is 1.71 bits per heavy atom. The number of benzene rings is 1. The summed E-state index contributed by atoms with van der Waals surface area (Å²) < 4.78 is 46.4. The first kappa shape index (κ1) is 14.5. The van der Waals surface area contributed by atoms with Gasteiger partial charge >= 0.3 is 6.36 Å². The molecule has 2 saturated heterocycles. The van der Waals surface area contributed by atoms with E-state index in [1.165, 1.54) is 31.0 Å². The molecule has 21 heavy (non-hydrogen) atoms. The summed E-state index contributed by atoms with van der Waals surface area (Å²) in [4.78, 5) is 2.39. The Balaban J connectivity index is 1.64. The van der Waals surface area contributed by atoms with Crippen LogP contribution >= 0.6 is 0 Å². The van der Waals surface area contributed by atoms with Crippen LogP contribution < -0.4 is 9.47 Å². The van der Waals surface area contributed by atoms with Crippen molar-refractivity contribution in [1.29, 1.82) is 0 Å². The molecule has 0 spiro atoms. The van der Waals surface area contributed by atoms with Crippen LogP contribution in [0.5, 0.6) is 11.5 Å². The van der Waals surface area contributed by atoms with Crippen LogP contribution in [0.1, 0.15) is 25.7 Å². The van der Waals surface area contributed by atoms with Crippen LogP contribution in [0.25, 0.3) is 0 Å². The lowest BCUT2D eigenvalue weighted by Gasteiger charge is -2.36. The molecule has 3 nitrogen and oxygen atoms in total. The monoisotopic (exact) mass is 301 g/mol. The number of hydrogen-bond acceptors (Lipinski definition) is 3. The summed E-state index contributed by atoms with van der Waals surface area (Å²) in [5, 5.41) is 0. The van der Waals surface area contributed by atoms with Gasteiger partial charge in [-0.25, -0.2) is 0 Å². The average molecular weight is 301 g/mol. The molecule has 0 radical (unpaired) electrons. The minimum atomic E-state index is -4.68. The largest absolute Gasteiger partial charge is 0.573 e. The highest BCUT2D eigenvalue weighted by molar-refractivity contribution is 5.33. The van der Waals surface area contributed by atoms with E-state index < -0.39 is 6.36 Å². The molecular weight excluding hydrogens is 283 g/mol. The number of halogens is 3. The van der Waals surface area contributed by atoms with Gasteiger partial charge in [0.25, 0.3) is 0 Å². The van der Waals surface area contributed by atoms with E-state index in [1.54, 1.807) is 6.07 Å². The van der Waals surface area contributed by atoms with E-state index in [0.29, 0.717) is 17.8 Å². The molecule has 2 heterocycles. The van der Waals surface area contributed by atoms with Crippen molar-refractivity contribution in [2.24, 2.45) is 0 Å². The highest BCUT2D eigenvalue weighted by Gasteiger charge is 2.39. The highest BCUT2D eigenvalue weighted by atomic mass is 19.4. The summed E-state index contributed by atoms with van der Waals surface area (Å²) in [7, 11) is 2.14. The third kappa shape index (κ3) is 3.43. The van der Waals surface area contributed by atoms with E-state index in [0.717, 1.165) is 12.8 Å². The fraction of sp³-hybridized carbons (Fsp3) is 0.600. The fourth-order valence-electron chi connectivity index (χ4n) is 3.39. The lowest BCUT2D eigenvalue weighted by molar-refractivity contribution is -0.274. The van der Waals surface area contributed by atoms with Gasteiger partial charge < -0.3 is 14.4 Å². The number of hydrogen-bond donors (Lipinski definition) is 0. The Hall–Kier alpha value is -1.43. The quantitative estimate of drug-likeness (QED) is 0.851. The van der Waals surface area contributed by atoms with Crippen LogP contribution in [0.2, 0.25) is 0 Å². The molecule has 1 aromatic rings. The van der Waals surface area contributed by atoms with Crippen LogP contribution in [0, 0.1) is 0 Å². The molecule has 0 N–H and O–H groups in total. The number of ether oxygens (including phenoxy) is 2. The molecule has 0 aromatic heterocycles. The SMILES string of the molecule is CN1[C@@H]2CC[C@H]1C[C@H](Oc1cccc(OC(F)(F)F)c1)C2. The first-order valence-corrected chi connectivity index (χ1v) is 7.15. The second kappa shape index (κ2) is 5.40. The first-order valence-electron chi connectivity index (χ1n) is 7.15. The molecule has 2 aliphatic rings. The van der Waals surface area contributed by atoms with E-state index in [9.17, 15) is 13.2 Å². The number of rotatable bonds is 3. The molecule has 0 aliphatic carbocycles. The maximum Gasteiger partial charge on any atom is 0.573 e. The molecule has 0 unspecified atom stereocenters. The van der Waals surface area contributed by atoms with Gasteiger partial charge in [-0.15, -0.1) is 13.2 Å². The number of nitrogens with zero attached hydrogens (tertiary/aromatic N) is 1. The molecule has 0 saturated carbocycles. The van der Waals surface area contributed by atoms with Crippen molar-refractivity contribution in [3.05, 3.63) is 24.3 Å². The van der Waals surface area contributed by atoms with E-state index in [4.69, 9.17) is 4.74 Å². The second-order valence-electron chi connectivity index (χ2n) is 5.78. The molecule has 2 aliphatic heterocycles. The van der Waals surface area contributed by atoms with E-state index >= 15 is 0 Å². The fourth-order valence-corrected chi connectivity index (χ4v) is 3.39. The number of fused-ring (bicyclic) bond motifs is 2. The van der Waals surface area contributed by atoms with E-state index in [1.807, 2.05) is 0 Å². The zero-order valence-electron chi connectivity index (χ0n) is 11.8. The predicted molar refractivity (Wildman–Crippen MR) is 71.3 cm³/mol. The van der Waals surface area contributed by atoms with Crippen molar-refractivity contribution in [1.82, 2.24) is 4.90 Å². The van der Waals surface area contributed by atoms with Crippen molar-refractivity contribution < 1.29 is 22.6 Å². The molecular formula is C15H18F3NO2. The van der Waals surface area contributed by atoms with Crippen LogP contribution in [0.3, 0.4) is 0 Å². The van der Waals surface area contributed by atoms with Gasteiger partial charge in [0.05, 0.1) is 0 Å². The van der Waals surface area contributed by atoms with E-state index in [2.05, 4.69) is 16.7 Å². The lowest BCUT2D eigenvalue weighted by atomic mass is 10.0. The van der Waals surface area contributed by atoms with Crippen molar-refractivity contribution >= 4 is 0 Å². The topological polar surface area (TPSA) is 21.7 Å². The van der Waals surface area contributed by atoms with Gasteiger partial charge in [-0.05, 0) is 44.9 Å². The molecule has 1 aromatic carbocycles.